The maximum absolute atomic E-state index is 12.6. The topological polar surface area (TPSA) is 72.5 Å². The monoisotopic (exact) mass is 413 g/mol. The van der Waals surface area contributed by atoms with Crippen LogP contribution in [0.1, 0.15) is 29.8 Å². The van der Waals surface area contributed by atoms with Gasteiger partial charge in [-0.05, 0) is 43.3 Å². The van der Waals surface area contributed by atoms with E-state index in [1.54, 1.807) is 25.1 Å². The molecule has 0 spiro atoms. The Morgan fingerprint density at radius 2 is 1.71 bits per heavy atom. The van der Waals surface area contributed by atoms with Gasteiger partial charge in [0.25, 0.3) is 5.91 Å². The second kappa shape index (κ2) is 9.01. The first kappa shape index (κ1) is 21.6. The molecule has 0 radical (unpaired) electrons. The van der Waals surface area contributed by atoms with Crippen LogP contribution in [0.5, 0.6) is 0 Å². The Hall–Kier alpha value is -2.68. The highest BCUT2D eigenvalue weighted by Crippen LogP contribution is 2.29. The van der Waals surface area contributed by atoms with E-state index in [2.05, 4.69) is 5.32 Å². The van der Waals surface area contributed by atoms with Gasteiger partial charge in [-0.2, -0.15) is 13.2 Å². The van der Waals surface area contributed by atoms with E-state index >= 15 is 0 Å². The van der Waals surface area contributed by atoms with Crippen LogP contribution in [-0.2, 0) is 26.5 Å². The van der Waals surface area contributed by atoms with Gasteiger partial charge in [-0.15, -0.1) is 0 Å². The van der Waals surface area contributed by atoms with Crippen LogP contribution in [0.2, 0.25) is 0 Å². The van der Waals surface area contributed by atoms with E-state index in [4.69, 9.17) is 4.74 Å². The van der Waals surface area contributed by atoms with E-state index in [9.17, 15) is 27.0 Å². The lowest BCUT2D eigenvalue weighted by Gasteiger charge is -2.15. The number of benzene rings is 2. The molecule has 0 aliphatic rings. The zero-order valence-electron chi connectivity index (χ0n) is 15.1. The summed E-state index contributed by atoms with van der Waals surface area (Å²) >= 11 is 0. The molecular weight excluding hydrogens is 395 g/mol. The lowest BCUT2D eigenvalue weighted by atomic mass is 10.2. The van der Waals surface area contributed by atoms with Crippen molar-refractivity contribution < 1.29 is 31.7 Å². The van der Waals surface area contributed by atoms with Gasteiger partial charge in [0.2, 0.25) is 0 Å². The smallest absolute Gasteiger partial charge is 0.416 e. The van der Waals surface area contributed by atoms with E-state index in [-0.39, 0.29) is 11.3 Å². The van der Waals surface area contributed by atoms with Gasteiger partial charge in [0.15, 0.2) is 6.10 Å². The first-order chi connectivity index (χ1) is 13.1. The Morgan fingerprint density at radius 1 is 1.11 bits per heavy atom. The Kier molecular flexibility index (Phi) is 6.95. The first-order valence-corrected chi connectivity index (χ1v) is 9.62. The Bertz CT molecular complexity index is 881. The van der Waals surface area contributed by atoms with Crippen LogP contribution in [-0.4, -0.2) is 27.9 Å². The lowest BCUT2D eigenvalue weighted by molar-refractivity contribution is -0.137. The average molecular weight is 413 g/mol. The number of ether oxygens (including phenoxy) is 1. The van der Waals surface area contributed by atoms with Crippen molar-refractivity contribution in [1.82, 2.24) is 0 Å². The van der Waals surface area contributed by atoms with Gasteiger partial charge in [-0.25, -0.2) is 4.79 Å². The molecule has 0 aromatic heterocycles. The number of amides is 1. The number of halogens is 3. The van der Waals surface area contributed by atoms with Gasteiger partial charge in [0.05, 0.1) is 26.8 Å². The summed E-state index contributed by atoms with van der Waals surface area (Å²) in [5.41, 5.74) is -0.615. The Labute approximate surface area is 162 Å². The SMILES string of the molecule is CC[S@](=O)c1ccccc1C(=O)O[C@H](C)C(=O)Nc1ccc(C(F)(F)F)cc1. The summed E-state index contributed by atoms with van der Waals surface area (Å²) in [5, 5.41) is 2.38. The average Bonchev–Trinajstić information content (AvgIpc) is 2.66. The Balaban J connectivity index is 2.05. The third-order valence-corrected chi connectivity index (χ3v) is 5.12. The second-order valence-electron chi connectivity index (χ2n) is 5.74. The molecule has 0 saturated heterocycles. The molecule has 0 saturated carbocycles. The quantitative estimate of drug-likeness (QED) is 0.726. The molecule has 2 aromatic rings. The van der Waals surface area contributed by atoms with Crippen LogP contribution >= 0.6 is 0 Å². The number of carbonyl (C=O) groups is 2. The maximum Gasteiger partial charge on any atom is 0.416 e. The van der Waals surface area contributed by atoms with E-state index in [1.807, 2.05) is 0 Å². The highest BCUT2D eigenvalue weighted by molar-refractivity contribution is 7.85. The minimum absolute atomic E-state index is 0.0943. The molecule has 150 valence electrons. The van der Waals surface area contributed by atoms with Crippen LogP contribution in [0, 0.1) is 0 Å². The summed E-state index contributed by atoms with van der Waals surface area (Å²) in [6.45, 7) is 3.04. The summed E-state index contributed by atoms with van der Waals surface area (Å²) in [6.07, 6.45) is -5.69. The first-order valence-electron chi connectivity index (χ1n) is 8.30. The minimum Gasteiger partial charge on any atom is -0.449 e. The molecule has 28 heavy (non-hydrogen) atoms. The largest absolute Gasteiger partial charge is 0.449 e. The summed E-state index contributed by atoms with van der Waals surface area (Å²) in [7, 11) is -1.38. The molecule has 2 aromatic carbocycles. The van der Waals surface area contributed by atoms with Crippen LogP contribution in [0.25, 0.3) is 0 Å². The van der Waals surface area contributed by atoms with Gasteiger partial charge >= 0.3 is 12.1 Å². The van der Waals surface area contributed by atoms with Crippen molar-refractivity contribution in [2.75, 3.05) is 11.1 Å². The molecule has 9 heteroatoms. The number of rotatable bonds is 6. The highest BCUT2D eigenvalue weighted by atomic mass is 32.2. The fourth-order valence-electron chi connectivity index (χ4n) is 2.25. The summed E-state index contributed by atoms with van der Waals surface area (Å²) in [4.78, 5) is 24.8. The molecule has 0 unspecified atom stereocenters. The molecule has 5 nitrogen and oxygen atoms in total. The highest BCUT2D eigenvalue weighted by Gasteiger charge is 2.30. The van der Waals surface area contributed by atoms with Crippen LogP contribution in [0.3, 0.4) is 0 Å². The maximum atomic E-state index is 12.6. The standard InChI is InChI=1S/C19H18F3NO4S/c1-3-28(26)16-7-5-4-6-15(16)18(25)27-12(2)17(24)23-14-10-8-13(9-11-14)19(20,21)22/h4-12H,3H2,1-2H3,(H,23,24)/t12-,28+/m1/s1. The van der Waals surface area contributed by atoms with E-state index in [0.717, 1.165) is 24.3 Å². The van der Waals surface area contributed by atoms with E-state index < -0.39 is 40.5 Å². The fourth-order valence-corrected chi connectivity index (χ4v) is 3.19. The second-order valence-corrected chi connectivity index (χ2v) is 7.45. The van der Waals surface area contributed by atoms with Gasteiger partial charge < -0.3 is 10.1 Å². The van der Waals surface area contributed by atoms with Crippen molar-refractivity contribution in [3.05, 3.63) is 59.7 Å². The number of esters is 1. The van der Waals surface area contributed by atoms with Crippen molar-refractivity contribution in [2.45, 2.75) is 31.0 Å². The molecule has 2 atom stereocenters. The Morgan fingerprint density at radius 3 is 2.29 bits per heavy atom. The summed E-state index contributed by atoms with van der Waals surface area (Å²) < 4.78 is 54.9. The third-order valence-electron chi connectivity index (χ3n) is 3.75. The normalized spacial score (nSPS) is 13.5. The van der Waals surface area contributed by atoms with Crippen molar-refractivity contribution in [3.63, 3.8) is 0 Å². The summed E-state index contributed by atoms with van der Waals surface area (Å²) in [5.74, 6) is -1.21. The molecule has 0 aliphatic heterocycles. The van der Waals surface area contributed by atoms with E-state index in [1.165, 1.54) is 13.0 Å². The number of nitrogens with one attached hydrogen (secondary N) is 1. The van der Waals surface area contributed by atoms with Crippen LogP contribution in [0.15, 0.2) is 53.4 Å². The lowest BCUT2D eigenvalue weighted by Crippen LogP contribution is -2.30. The number of carbonyl (C=O) groups excluding carboxylic acids is 2. The predicted octanol–water partition coefficient (Wildman–Crippen LogP) is 4.02. The molecular formula is C19H18F3NO4S. The van der Waals surface area contributed by atoms with Gasteiger partial charge in [0, 0.05) is 11.4 Å². The number of hydrogen-bond acceptors (Lipinski definition) is 4. The molecule has 0 bridgehead atoms. The van der Waals surface area contributed by atoms with Crippen LogP contribution < -0.4 is 5.32 Å². The number of hydrogen-bond donors (Lipinski definition) is 1. The van der Waals surface area contributed by atoms with Gasteiger partial charge in [-0.3, -0.25) is 9.00 Å². The third kappa shape index (κ3) is 5.41. The predicted molar refractivity (Wildman–Crippen MR) is 98.3 cm³/mol. The van der Waals surface area contributed by atoms with Gasteiger partial charge in [-0.1, -0.05) is 19.1 Å². The van der Waals surface area contributed by atoms with Gasteiger partial charge in [0.1, 0.15) is 0 Å². The molecule has 0 aliphatic carbocycles. The molecule has 0 heterocycles. The van der Waals surface area contributed by atoms with Crippen molar-refractivity contribution in [2.24, 2.45) is 0 Å². The molecule has 0 fully saturated rings. The zero-order valence-corrected chi connectivity index (χ0v) is 15.9. The molecule has 2 rings (SSSR count). The number of alkyl halides is 3. The van der Waals surface area contributed by atoms with Crippen molar-refractivity contribution in [1.29, 1.82) is 0 Å². The number of anilines is 1. The molecule has 1 N–H and O–H groups in total. The zero-order chi connectivity index (χ0) is 20.9. The fraction of sp³-hybridized carbons (Fsp3) is 0.263. The van der Waals surface area contributed by atoms with Crippen LogP contribution in [0.4, 0.5) is 18.9 Å². The summed E-state index contributed by atoms with van der Waals surface area (Å²) in [6, 6.07) is 10.1. The minimum atomic E-state index is -4.47. The molecule has 1 amide bonds. The van der Waals surface area contributed by atoms with Crippen molar-refractivity contribution >= 4 is 28.4 Å². The van der Waals surface area contributed by atoms with Crippen molar-refractivity contribution in [3.8, 4) is 0 Å². The van der Waals surface area contributed by atoms with E-state index in [0.29, 0.717) is 10.6 Å².